The summed E-state index contributed by atoms with van der Waals surface area (Å²) >= 11 is 0. The second-order valence-electron chi connectivity index (χ2n) is 16.3. The summed E-state index contributed by atoms with van der Waals surface area (Å²) in [5.41, 5.74) is 8.82. The van der Waals surface area contributed by atoms with Crippen LogP contribution in [0, 0.1) is 18.5 Å². The first kappa shape index (κ1) is 31.5. The maximum Gasteiger partial charge on any atom is 0.268 e. The first-order chi connectivity index (χ1) is 36.4. The van der Waals surface area contributed by atoms with E-state index >= 15 is 0 Å². The molecule has 0 atom stereocenters. The van der Waals surface area contributed by atoms with Gasteiger partial charge in [-0.1, -0.05) is 157 Å². The van der Waals surface area contributed by atoms with Crippen LogP contribution >= 0.6 is 0 Å². The van der Waals surface area contributed by atoms with Crippen LogP contribution in [0.4, 0.5) is 0 Å². The van der Waals surface area contributed by atoms with Crippen LogP contribution in [0.15, 0.2) is 194 Å². The number of pyridine rings is 1. The average Bonchev–Trinajstić information content (AvgIpc) is 4.07. The van der Waals surface area contributed by atoms with Crippen molar-refractivity contribution in [2.24, 2.45) is 0 Å². The molecule has 0 spiro atoms. The number of rotatable bonds is 7. The molecule has 0 radical (unpaired) electrons. The first-order valence-corrected chi connectivity index (χ1v) is 21.8. The molecule has 66 heavy (non-hydrogen) atoms. The summed E-state index contributed by atoms with van der Waals surface area (Å²) in [5, 5.41) is 2.07. The fourth-order valence-electron chi connectivity index (χ4n) is 9.25. The van der Waals surface area contributed by atoms with E-state index < -0.39 is 60.4 Å². The smallest absolute Gasteiger partial charge is 0.268 e. The molecule has 0 unspecified atom stereocenters. The molecule has 5 nitrogen and oxygen atoms in total. The molecule has 0 amide bonds. The van der Waals surface area contributed by atoms with Crippen LogP contribution in [0.3, 0.4) is 0 Å². The third kappa shape index (κ3) is 7.74. The van der Waals surface area contributed by atoms with Crippen LogP contribution in [-0.4, -0.2) is 14.1 Å². The van der Waals surface area contributed by atoms with Gasteiger partial charge in [-0.15, -0.1) is 29.7 Å². The number of imidazole rings is 1. The standard InChI is InChI=1S/C60H44N4O.Pt/c1-3-21-45(22-4-1)51-29-15-30-52(46-23-5-2-6-24-46)59(51)63-41-62(56-32-9-10-33-57(56)63)48-26-14-27-49(38-48)65-50-34-35-54-53-28-7-8-31-55(53)64(58(54)39-50)60-47-25-13-19-43-17-11-16-42(36-43)18-12-20-44(37-47)40-61-60;/h1-11,14-17,21-24,26-37,40H,12-13,18-20,25H2;/q-2;/i1D,2D,3D,4D,5D,6D,21D,22D,23D,24D;. The minimum atomic E-state index is -0.569. The Morgan fingerprint density at radius 2 is 1.23 bits per heavy atom. The van der Waals surface area contributed by atoms with Crippen LogP contribution in [0.2, 0.25) is 0 Å². The van der Waals surface area contributed by atoms with Crippen molar-refractivity contribution in [3.63, 3.8) is 0 Å². The summed E-state index contributed by atoms with van der Waals surface area (Å²) in [6, 6.07) is 42.9. The molecule has 1 aliphatic rings. The second kappa shape index (κ2) is 17.9. The van der Waals surface area contributed by atoms with Crippen molar-refractivity contribution in [3.05, 3.63) is 235 Å². The molecule has 0 aliphatic heterocycles. The molecule has 0 N–H and O–H groups in total. The number of aromatic nitrogens is 4. The zero-order valence-electron chi connectivity index (χ0n) is 45.5. The van der Waals surface area contributed by atoms with Crippen molar-refractivity contribution in [1.29, 1.82) is 0 Å². The molecule has 3 heterocycles. The minimum absolute atomic E-state index is 0. The Bertz CT molecular complexity index is 4010. The van der Waals surface area contributed by atoms with Gasteiger partial charge in [-0.25, -0.2) is 4.98 Å². The van der Waals surface area contributed by atoms with Crippen molar-refractivity contribution in [2.75, 3.05) is 0 Å². The summed E-state index contributed by atoms with van der Waals surface area (Å²) in [4.78, 5) is 5.19. The molecule has 11 aromatic rings. The number of aryl methyl sites for hydroxylation is 4. The minimum Gasteiger partial charge on any atom is -0.510 e. The Labute approximate surface area is 413 Å². The SMILES string of the molecule is [2H]c1c([2H])c([2H])c(-c2cccc(-c3c([2H])c([2H])c([2H])c([2H])c3[2H])c2-[n+]2[c-]n(-c3[c-]c(Oc4[c-]c5c(cc4)c4ccccc4n5-c4ncc5cc4CCCc4cccc(c4)CCC5)ccc3)c3ccccc32)c([2H])c1[2H].[Pt]. The van der Waals surface area contributed by atoms with Gasteiger partial charge in [-0.3, -0.25) is 4.57 Å². The van der Waals surface area contributed by atoms with Crippen molar-refractivity contribution in [1.82, 2.24) is 14.1 Å². The van der Waals surface area contributed by atoms with Gasteiger partial charge in [-0.2, -0.15) is 18.2 Å². The van der Waals surface area contributed by atoms with Crippen molar-refractivity contribution < 1.29 is 44.1 Å². The summed E-state index contributed by atoms with van der Waals surface area (Å²) in [6.45, 7) is 0. The van der Waals surface area contributed by atoms with Crippen LogP contribution in [0.5, 0.6) is 11.5 Å². The predicted octanol–water partition coefficient (Wildman–Crippen LogP) is 13.6. The van der Waals surface area contributed by atoms with Gasteiger partial charge in [0.2, 0.25) is 0 Å². The van der Waals surface area contributed by atoms with Crippen LogP contribution in [0.1, 0.15) is 48.8 Å². The second-order valence-corrected chi connectivity index (χ2v) is 16.3. The van der Waals surface area contributed by atoms with Crippen LogP contribution in [0.25, 0.3) is 72.3 Å². The van der Waals surface area contributed by atoms with E-state index in [0.29, 0.717) is 28.2 Å². The Hall–Kier alpha value is -7.33. The molecular formula is C60H44N4OPt-2. The average molecular weight is 1040 g/mol. The summed E-state index contributed by atoms with van der Waals surface area (Å²) in [5.74, 6) is 1.69. The maximum absolute atomic E-state index is 9.04. The quantitative estimate of drug-likeness (QED) is 0.118. The number of benzene rings is 8. The molecule has 6 heteroatoms. The van der Waals surface area contributed by atoms with E-state index in [0.717, 1.165) is 66.1 Å². The van der Waals surface area contributed by atoms with E-state index in [2.05, 4.69) is 65.5 Å². The number of hydrogen-bond donors (Lipinski definition) is 0. The number of ether oxygens (including phenoxy) is 1. The van der Waals surface area contributed by atoms with Gasteiger partial charge < -0.3 is 13.9 Å². The third-order valence-corrected chi connectivity index (χ3v) is 12.2. The van der Waals surface area contributed by atoms with Gasteiger partial charge in [-0.05, 0) is 100 Å². The molecule has 0 saturated heterocycles. The van der Waals surface area contributed by atoms with Crippen molar-refractivity contribution >= 4 is 32.8 Å². The van der Waals surface area contributed by atoms with Gasteiger partial charge in [0.1, 0.15) is 5.82 Å². The number of hydrogen-bond acceptors (Lipinski definition) is 2. The van der Waals surface area contributed by atoms with Crippen molar-refractivity contribution in [3.8, 4) is 50.9 Å². The van der Waals surface area contributed by atoms with E-state index in [9.17, 15) is 0 Å². The van der Waals surface area contributed by atoms with Gasteiger partial charge in [0, 0.05) is 44.3 Å². The molecule has 322 valence electrons. The first-order valence-electron chi connectivity index (χ1n) is 26.8. The van der Waals surface area contributed by atoms with Gasteiger partial charge in [0.15, 0.2) is 0 Å². The van der Waals surface area contributed by atoms with Crippen LogP contribution < -0.4 is 9.30 Å². The molecule has 3 aromatic heterocycles. The van der Waals surface area contributed by atoms with Gasteiger partial charge in [0.05, 0.1) is 30.4 Å². The molecule has 0 fully saturated rings. The fraction of sp³-hybridized carbons (Fsp3) is 0.100. The van der Waals surface area contributed by atoms with E-state index in [1.54, 1.807) is 33.4 Å². The molecule has 12 rings (SSSR count). The molecule has 0 saturated carbocycles. The third-order valence-electron chi connectivity index (χ3n) is 12.2. The molecule has 4 bridgehead atoms. The van der Waals surface area contributed by atoms with E-state index in [1.165, 1.54) is 22.3 Å². The Kier molecular flexibility index (Phi) is 8.56. The topological polar surface area (TPSA) is 35.9 Å². The normalized spacial score (nSPS) is 14.8. The van der Waals surface area contributed by atoms with Crippen molar-refractivity contribution in [2.45, 2.75) is 38.5 Å². The fourth-order valence-corrected chi connectivity index (χ4v) is 9.25. The van der Waals surface area contributed by atoms with E-state index in [1.807, 2.05) is 66.9 Å². The zero-order valence-corrected chi connectivity index (χ0v) is 37.7. The van der Waals surface area contributed by atoms with Gasteiger partial charge >= 0.3 is 0 Å². The molecule has 8 aromatic carbocycles. The molecular weight excluding hydrogens is 988 g/mol. The number of para-hydroxylation sites is 4. The maximum atomic E-state index is 9.04. The zero-order chi connectivity index (χ0) is 51.8. The summed E-state index contributed by atoms with van der Waals surface area (Å²) < 4.78 is 99.4. The Morgan fingerprint density at radius 1 is 0.576 bits per heavy atom. The summed E-state index contributed by atoms with van der Waals surface area (Å²) in [6.07, 6.45) is 11.2. The monoisotopic (exact) mass is 1040 g/mol. The van der Waals surface area contributed by atoms with Crippen LogP contribution in [-0.2, 0) is 46.7 Å². The predicted molar refractivity (Wildman–Crippen MR) is 261 cm³/mol. The Balaban J connectivity index is 0.00000616. The largest absolute Gasteiger partial charge is 0.510 e. The Morgan fingerprint density at radius 3 is 2.00 bits per heavy atom. The van der Waals surface area contributed by atoms with Gasteiger partial charge in [0.25, 0.3) is 6.33 Å². The summed E-state index contributed by atoms with van der Waals surface area (Å²) in [7, 11) is 0. The number of nitrogens with zero attached hydrogens (tertiary/aromatic N) is 4. The van der Waals surface area contributed by atoms with E-state index in [4.69, 9.17) is 23.4 Å². The van der Waals surface area contributed by atoms with E-state index in [-0.39, 0.29) is 49.0 Å². The number of fused-ring (bicyclic) bond motifs is 8. The molecule has 1 aliphatic carbocycles.